The van der Waals surface area contributed by atoms with Gasteiger partial charge in [-0.2, -0.15) is 5.10 Å². The fourth-order valence-electron chi connectivity index (χ4n) is 2.42. The Kier molecular flexibility index (Phi) is 6.54. The normalized spacial score (nSPS) is 10.6. The van der Waals surface area contributed by atoms with Crippen LogP contribution in [-0.2, 0) is 11.2 Å². The molecule has 0 aliphatic heterocycles. The monoisotopic (exact) mass is 392 g/mol. The largest absolute Gasteiger partial charge is 0.422 e. The van der Waals surface area contributed by atoms with Gasteiger partial charge >= 0.3 is 5.97 Å². The third-order valence-electron chi connectivity index (χ3n) is 3.80. The first-order chi connectivity index (χ1) is 13.6. The van der Waals surface area contributed by atoms with E-state index in [0.29, 0.717) is 21.9 Å². The van der Waals surface area contributed by atoms with Gasteiger partial charge in [0.1, 0.15) is 5.75 Å². The number of halogens is 1. The molecule has 0 spiro atoms. The molecule has 1 N–H and O–H groups in total. The first kappa shape index (κ1) is 19.3. The van der Waals surface area contributed by atoms with E-state index >= 15 is 0 Å². The fraction of sp³-hybridized carbons (Fsp3) is 0.0455. The second-order valence-electron chi connectivity index (χ2n) is 5.89. The van der Waals surface area contributed by atoms with Crippen LogP contribution in [0, 0.1) is 0 Å². The molecule has 0 aliphatic carbocycles. The van der Waals surface area contributed by atoms with Gasteiger partial charge in [0, 0.05) is 10.6 Å². The van der Waals surface area contributed by atoms with Crippen molar-refractivity contribution >= 4 is 29.7 Å². The molecule has 0 aliphatic rings. The predicted molar refractivity (Wildman–Crippen MR) is 109 cm³/mol. The minimum absolute atomic E-state index is 0.228. The van der Waals surface area contributed by atoms with Gasteiger partial charge in [-0.1, -0.05) is 54.1 Å². The molecule has 0 unspecified atom stereocenters. The van der Waals surface area contributed by atoms with Crippen molar-refractivity contribution in [2.45, 2.75) is 6.42 Å². The summed E-state index contributed by atoms with van der Waals surface area (Å²) in [6, 6.07) is 22.7. The van der Waals surface area contributed by atoms with Gasteiger partial charge in [-0.25, -0.2) is 10.2 Å². The Morgan fingerprint density at radius 1 is 0.929 bits per heavy atom. The molecule has 140 valence electrons. The van der Waals surface area contributed by atoms with E-state index in [4.69, 9.17) is 16.3 Å². The molecule has 0 aromatic heterocycles. The summed E-state index contributed by atoms with van der Waals surface area (Å²) in [4.78, 5) is 24.2. The van der Waals surface area contributed by atoms with E-state index in [1.807, 2.05) is 30.3 Å². The highest BCUT2D eigenvalue weighted by atomic mass is 35.5. The van der Waals surface area contributed by atoms with Gasteiger partial charge in [-0.05, 0) is 42.0 Å². The number of esters is 1. The number of hydrazone groups is 1. The number of carbonyl (C=O) groups is 2. The Morgan fingerprint density at radius 3 is 2.36 bits per heavy atom. The van der Waals surface area contributed by atoms with Crippen molar-refractivity contribution in [2.75, 3.05) is 0 Å². The number of ether oxygens (including phenoxy) is 1. The molecule has 0 fully saturated rings. The summed E-state index contributed by atoms with van der Waals surface area (Å²) < 4.78 is 5.44. The van der Waals surface area contributed by atoms with Crippen molar-refractivity contribution in [3.63, 3.8) is 0 Å². The molecule has 0 heterocycles. The summed E-state index contributed by atoms with van der Waals surface area (Å²) in [5.74, 6) is -0.410. The second-order valence-corrected chi connectivity index (χ2v) is 6.33. The van der Waals surface area contributed by atoms with Crippen molar-refractivity contribution in [3.8, 4) is 5.75 Å². The highest BCUT2D eigenvalue weighted by Gasteiger charge is 2.11. The predicted octanol–water partition coefficient (Wildman–Crippen LogP) is 4.25. The molecule has 5 nitrogen and oxygen atoms in total. The van der Waals surface area contributed by atoms with Crippen LogP contribution in [0.4, 0.5) is 0 Å². The number of hydrogen-bond acceptors (Lipinski definition) is 4. The Labute approximate surface area is 167 Å². The molecule has 0 saturated carbocycles. The molecule has 6 heteroatoms. The maximum Gasteiger partial charge on any atom is 0.343 e. The van der Waals surface area contributed by atoms with E-state index < -0.39 is 5.97 Å². The van der Waals surface area contributed by atoms with Crippen LogP contribution in [-0.4, -0.2) is 18.1 Å². The molecule has 0 bridgehead atoms. The zero-order chi connectivity index (χ0) is 19.8. The number of nitrogens with zero attached hydrogens (tertiary/aromatic N) is 1. The van der Waals surface area contributed by atoms with Gasteiger partial charge in [-0.3, -0.25) is 4.79 Å². The minimum atomic E-state index is -0.509. The van der Waals surface area contributed by atoms with Gasteiger partial charge < -0.3 is 4.74 Å². The topological polar surface area (TPSA) is 67.8 Å². The summed E-state index contributed by atoms with van der Waals surface area (Å²) in [6.45, 7) is 0. The summed E-state index contributed by atoms with van der Waals surface area (Å²) in [5.41, 5.74) is 4.31. The van der Waals surface area contributed by atoms with Crippen molar-refractivity contribution in [1.82, 2.24) is 5.43 Å². The van der Waals surface area contributed by atoms with E-state index in [-0.39, 0.29) is 12.3 Å². The van der Waals surface area contributed by atoms with Gasteiger partial charge in [0.15, 0.2) is 0 Å². The van der Waals surface area contributed by atoms with Crippen LogP contribution >= 0.6 is 11.6 Å². The number of hydrogen-bond donors (Lipinski definition) is 1. The van der Waals surface area contributed by atoms with Crippen LogP contribution in [0.2, 0.25) is 5.02 Å². The lowest BCUT2D eigenvalue weighted by Crippen LogP contribution is -2.19. The van der Waals surface area contributed by atoms with Gasteiger partial charge in [0.25, 0.3) is 0 Å². The van der Waals surface area contributed by atoms with Crippen LogP contribution in [0.25, 0.3) is 0 Å². The first-order valence-electron chi connectivity index (χ1n) is 8.54. The molecule has 0 atom stereocenters. The molecule has 28 heavy (non-hydrogen) atoms. The minimum Gasteiger partial charge on any atom is -0.422 e. The number of amides is 1. The zero-order valence-electron chi connectivity index (χ0n) is 14.8. The molecule has 3 rings (SSSR count). The lowest BCUT2D eigenvalue weighted by atomic mass is 10.1. The highest BCUT2D eigenvalue weighted by Crippen LogP contribution is 2.18. The van der Waals surface area contributed by atoms with Crippen LogP contribution in [0.5, 0.6) is 5.75 Å². The standard InChI is InChI=1S/C22H17ClN2O3/c23-19-12-10-17(11-13-19)22(27)28-20-9-5-4-8-18(20)15-24-25-21(26)14-16-6-2-1-3-7-16/h1-13,15H,14H2,(H,25,26). The number of nitrogens with one attached hydrogen (secondary N) is 1. The van der Waals surface area contributed by atoms with E-state index in [1.165, 1.54) is 6.21 Å². The Hall–Kier alpha value is -3.44. The van der Waals surface area contributed by atoms with Gasteiger partial charge in [-0.15, -0.1) is 0 Å². The van der Waals surface area contributed by atoms with Crippen LogP contribution in [0.15, 0.2) is 84.0 Å². The number of rotatable bonds is 6. The number of para-hydroxylation sites is 1. The molecular weight excluding hydrogens is 376 g/mol. The summed E-state index contributed by atoms with van der Waals surface area (Å²) in [5, 5.41) is 4.49. The molecule has 1 amide bonds. The van der Waals surface area contributed by atoms with E-state index in [0.717, 1.165) is 5.56 Å². The van der Waals surface area contributed by atoms with Gasteiger partial charge in [0.2, 0.25) is 5.91 Å². The average Bonchev–Trinajstić information content (AvgIpc) is 2.70. The van der Waals surface area contributed by atoms with Gasteiger partial charge in [0.05, 0.1) is 18.2 Å². The van der Waals surface area contributed by atoms with E-state index in [1.54, 1.807) is 48.5 Å². The fourth-order valence-corrected chi connectivity index (χ4v) is 2.55. The quantitative estimate of drug-likeness (QED) is 0.295. The van der Waals surface area contributed by atoms with Crippen molar-refractivity contribution in [3.05, 3.63) is 101 Å². The highest BCUT2D eigenvalue weighted by molar-refractivity contribution is 6.30. The van der Waals surface area contributed by atoms with Crippen molar-refractivity contribution in [1.29, 1.82) is 0 Å². The molecule has 3 aromatic rings. The van der Waals surface area contributed by atoms with Crippen LogP contribution in [0.1, 0.15) is 21.5 Å². The van der Waals surface area contributed by atoms with E-state index in [9.17, 15) is 9.59 Å². The maximum atomic E-state index is 12.3. The summed E-state index contributed by atoms with van der Waals surface area (Å²) in [7, 11) is 0. The SMILES string of the molecule is O=C(Cc1ccccc1)NN=Cc1ccccc1OC(=O)c1ccc(Cl)cc1. The molecular formula is C22H17ClN2O3. The lowest BCUT2D eigenvalue weighted by Gasteiger charge is -2.07. The molecule has 0 radical (unpaired) electrons. The third-order valence-corrected chi connectivity index (χ3v) is 4.05. The van der Waals surface area contributed by atoms with E-state index in [2.05, 4.69) is 10.5 Å². The third kappa shape index (κ3) is 5.53. The zero-order valence-corrected chi connectivity index (χ0v) is 15.6. The maximum absolute atomic E-state index is 12.3. The lowest BCUT2D eigenvalue weighted by molar-refractivity contribution is -0.120. The Balaban J connectivity index is 1.63. The average molecular weight is 393 g/mol. The van der Waals surface area contributed by atoms with Crippen LogP contribution in [0.3, 0.4) is 0 Å². The number of benzene rings is 3. The smallest absolute Gasteiger partial charge is 0.343 e. The first-order valence-corrected chi connectivity index (χ1v) is 8.92. The Morgan fingerprint density at radius 2 is 1.61 bits per heavy atom. The molecule has 0 saturated heterocycles. The van der Waals surface area contributed by atoms with Crippen LogP contribution < -0.4 is 10.2 Å². The summed E-state index contributed by atoms with van der Waals surface area (Å²) in [6.07, 6.45) is 1.67. The Bertz CT molecular complexity index is 986. The second kappa shape index (κ2) is 9.48. The number of carbonyl (C=O) groups excluding carboxylic acids is 2. The van der Waals surface area contributed by atoms with Crippen molar-refractivity contribution in [2.24, 2.45) is 5.10 Å². The summed E-state index contributed by atoms with van der Waals surface area (Å²) >= 11 is 5.83. The molecule has 3 aromatic carbocycles. The van der Waals surface area contributed by atoms with Crippen molar-refractivity contribution < 1.29 is 14.3 Å².